The Bertz CT molecular complexity index is 1090. The molecular formula is C24H25N5O2S. The lowest BCUT2D eigenvalue weighted by molar-refractivity contribution is 0.0664. The topological polar surface area (TPSA) is 71.3 Å². The standard InChI is InChI=1S/C24H25N5O2S/c30-22-19-11-5-6-12-20(19)23(31)28(22)15-16-32-24-26-25-21(17-27-13-7-2-8-14-27)29(24)18-9-3-1-4-10-18/h1,3-6,9-12H,2,7-8,13-17H2. The molecule has 0 N–H and O–H groups in total. The quantitative estimate of drug-likeness (QED) is 0.407. The van der Waals surface area contributed by atoms with Gasteiger partial charge in [-0.2, -0.15) is 0 Å². The molecule has 8 heteroatoms. The molecule has 2 aromatic carbocycles. The highest BCUT2D eigenvalue weighted by Gasteiger charge is 2.34. The van der Waals surface area contributed by atoms with Crippen LogP contribution >= 0.6 is 11.8 Å². The summed E-state index contributed by atoms with van der Waals surface area (Å²) >= 11 is 1.52. The Morgan fingerprint density at radius 3 is 2.16 bits per heavy atom. The molecule has 3 aromatic rings. The van der Waals surface area contributed by atoms with Crippen LogP contribution < -0.4 is 0 Å². The first kappa shape index (κ1) is 20.9. The van der Waals surface area contributed by atoms with Gasteiger partial charge in [-0.15, -0.1) is 10.2 Å². The molecule has 5 rings (SSSR count). The number of carbonyl (C=O) groups is 2. The predicted octanol–water partition coefficient (Wildman–Crippen LogP) is 3.64. The molecule has 1 aromatic heterocycles. The second-order valence-electron chi connectivity index (χ2n) is 8.06. The van der Waals surface area contributed by atoms with Gasteiger partial charge in [-0.25, -0.2) is 0 Å². The fraction of sp³-hybridized carbons (Fsp3) is 0.333. The summed E-state index contributed by atoms with van der Waals surface area (Å²) < 4.78 is 2.10. The molecule has 7 nitrogen and oxygen atoms in total. The molecule has 164 valence electrons. The van der Waals surface area contributed by atoms with Crippen molar-refractivity contribution in [2.75, 3.05) is 25.4 Å². The number of piperidine rings is 1. The number of carbonyl (C=O) groups excluding carboxylic acids is 2. The Kier molecular flexibility index (Phi) is 6.05. The van der Waals surface area contributed by atoms with Gasteiger partial charge in [-0.3, -0.25) is 24.0 Å². The number of nitrogens with zero attached hydrogens (tertiary/aromatic N) is 5. The summed E-state index contributed by atoms with van der Waals surface area (Å²) in [6.45, 7) is 3.27. The third-order valence-corrected chi connectivity index (χ3v) is 6.86. The molecule has 2 aliphatic heterocycles. The van der Waals surface area contributed by atoms with Crippen molar-refractivity contribution in [1.82, 2.24) is 24.6 Å². The highest BCUT2D eigenvalue weighted by Crippen LogP contribution is 2.26. The number of para-hydroxylation sites is 1. The van der Waals surface area contributed by atoms with E-state index < -0.39 is 0 Å². The molecule has 0 bridgehead atoms. The van der Waals surface area contributed by atoms with Crippen LogP contribution in [0.3, 0.4) is 0 Å². The van der Waals surface area contributed by atoms with Gasteiger partial charge >= 0.3 is 0 Å². The van der Waals surface area contributed by atoms with Crippen LogP contribution in [0.15, 0.2) is 59.8 Å². The van der Waals surface area contributed by atoms with E-state index in [1.165, 1.54) is 35.9 Å². The molecule has 0 spiro atoms. The lowest BCUT2D eigenvalue weighted by Gasteiger charge is -2.26. The number of likely N-dealkylation sites (tertiary alicyclic amines) is 1. The zero-order valence-electron chi connectivity index (χ0n) is 17.8. The van der Waals surface area contributed by atoms with Crippen molar-refractivity contribution in [3.05, 3.63) is 71.5 Å². The van der Waals surface area contributed by atoms with Crippen LogP contribution in [0.5, 0.6) is 0 Å². The monoisotopic (exact) mass is 447 g/mol. The summed E-state index contributed by atoms with van der Waals surface area (Å²) in [5.74, 6) is 1.03. The Labute approximate surface area is 191 Å². The first-order valence-corrected chi connectivity index (χ1v) is 12.0. The van der Waals surface area contributed by atoms with Crippen molar-refractivity contribution in [3.63, 3.8) is 0 Å². The molecule has 0 unspecified atom stereocenters. The smallest absolute Gasteiger partial charge is 0.261 e. The van der Waals surface area contributed by atoms with Crippen LogP contribution in [0.25, 0.3) is 5.69 Å². The maximum Gasteiger partial charge on any atom is 0.261 e. The molecule has 2 amide bonds. The Balaban J connectivity index is 1.32. The number of thioether (sulfide) groups is 1. The molecule has 1 fully saturated rings. The van der Waals surface area contributed by atoms with Crippen LogP contribution in [0.1, 0.15) is 45.8 Å². The summed E-state index contributed by atoms with van der Waals surface area (Å²) in [5.41, 5.74) is 1.99. The van der Waals surface area contributed by atoms with Gasteiger partial charge in [-0.1, -0.05) is 48.5 Å². The normalized spacial score (nSPS) is 16.6. The minimum Gasteiger partial charge on any atom is -0.296 e. The predicted molar refractivity (Wildman–Crippen MR) is 123 cm³/mol. The number of hydrogen-bond donors (Lipinski definition) is 0. The fourth-order valence-electron chi connectivity index (χ4n) is 4.32. The van der Waals surface area contributed by atoms with E-state index in [-0.39, 0.29) is 11.8 Å². The summed E-state index contributed by atoms with van der Waals surface area (Å²) in [6, 6.07) is 17.1. The highest BCUT2D eigenvalue weighted by atomic mass is 32.2. The molecule has 0 saturated carbocycles. The Hall–Kier alpha value is -2.97. The van der Waals surface area contributed by atoms with Gasteiger partial charge in [-0.05, 0) is 50.2 Å². The van der Waals surface area contributed by atoms with E-state index in [0.29, 0.717) is 23.4 Å². The van der Waals surface area contributed by atoms with E-state index in [2.05, 4.69) is 31.8 Å². The number of amides is 2. The van der Waals surface area contributed by atoms with E-state index in [1.807, 2.05) is 18.2 Å². The number of rotatable bonds is 7. The molecule has 0 aliphatic carbocycles. The molecule has 0 radical (unpaired) electrons. The molecule has 3 heterocycles. The van der Waals surface area contributed by atoms with E-state index in [9.17, 15) is 9.59 Å². The van der Waals surface area contributed by atoms with Crippen molar-refractivity contribution in [2.45, 2.75) is 31.0 Å². The van der Waals surface area contributed by atoms with E-state index >= 15 is 0 Å². The first-order valence-electron chi connectivity index (χ1n) is 11.0. The Morgan fingerprint density at radius 1 is 0.812 bits per heavy atom. The van der Waals surface area contributed by atoms with Crippen LogP contribution in [-0.4, -0.2) is 61.8 Å². The number of benzene rings is 2. The minimum absolute atomic E-state index is 0.221. The van der Waals surface area contributed by atoms with Crippen molar-refractivity contribution < 1.29 is 9.59 Å². The summed E-state index contributed by atoms with van der Waals surface area (Å²) in [6.07, 6.45) is 3.74. The fourth-order valence-corrected chi connectivity index (χ4v) is 5.22. The molecular weight excluding hydrogens is 422 g/mol. The Morgan fingerprint density at radius 2 is 1.47 bits per heavy atom. The van der Waals surface area contributed by atoms with E-state index in [4.69, 9.17) is 0 Å². The summed E-state index contributed by atoms with van der Waals surface area (Å²) in [7, 11) is 0. The van der Waals surface area contributed by atoms with Gasteiger partial charge in [0.05, 0.1) is 17.7 Å². The zero-order chi connectivity index (χ0) is 21.9. The lowest BCUT2D eigenvalue weighted by atomic mass is 10.1. The van der Waals surface area contributed by atoms with Crippen LogP contribution in [0.4, 0.5) is 0 Å². The van der Waals surface area contributed by atoms with Gasteiger partial charge in [0.2, 0.25) is 0 Å². The van der Waals surface area contributed by atoms with Gasteiger partial charge in [0.15, 0.2) is 11.0 Å². The largest absolute Gasteiger partial charge is 0.296 e. The molecule has 0 atom stereocenters. The molecule has 1 saturated heterocycles. The van der Waals surface area contributed by atoms with Gasteiger partial charge in [0.25, 0.3) is 11.8 Å². The van der Waals surface area contributed by atoms with Gasteiger partial charge in [0, 0.05) is 18.0 Å². The van der Waals surface area contributed by atoms with Crippen molar-refractivity contribution in [2.24, 2.45) is 0 Å². The second-order valence-corrected chi connectivity index (χ2v) is 9.12. The third-order valence-electron chi connectivity index (χ3n) is 5.95. The van der Waals surface area contributed by atoms with Gasteiger partial charge < -0.3 is 0 Å². The molecule has 32 heavy (non-hydrogen) atoms. The molecule has 2 aliphatic rings. The number of imide groups is 1. The van der Waals surface area contributed by atoms with Crippen LogP contribution in [-0.2, 0) is 6.54 Å². The lowest BCUT2D eigenvalue weighted by Crippen LogP contribution is -2.32. The third kappa shape index (κ3) is 4.08. The number of hydrogen-bond acceptors (Lipinski definition) is 6. The average molecular weight is 448 g/mol. The minimum atomic E-state index is -0.221. The van der Waals surface area contributed by atoms with Crippen LogP contribution in [0, 0.1) is 0 Å². The SMILES string of the molecule is O=C1c2ccccc2C(=O)N1CCSc1nnc(CN2CCCCC2)n1-c1ccccc1. The van der Waals surface area contributed by atoms with E-state index in [0.717, 1.165) is 36.3 Å². The van der Waals surface area contributed by atoms with Crippen molar-refractivity contribution in [3.8, 4) is 5.69 Å². The number of aromatic nitrogens is 3. The highest BCUT2D eigenvalue weighted by molar-refractivity contribution is 7.99. The van der Waals surface area contributed by atoms with Crippen LogP contribution in [0.2, 0.25) is 0 Å². The van der Waals surface area contributed by atoms with Gasteiger partial charge in [0.1, 0.15) is 0 Å². The average Bonchev–Trinajstić information content (AvgIpc) is 3.34. The van der Waals surface area contributed by atoms with Crippen molar-refractivity contribution >= 4 is 23.6 Å². The second kappa shape index (κ2) is 9.26. The summed E-state index contributed by atoms with van der Waals surface area (Å²) in [5, 5.41) is 9.74. The van der Waals surface area contributed by atoms with Crippen molar-refractivity contribution in [1.29, 1.82) is 0 Å². The zero-order valence-corrected chi connectivity index (χ0v) is 18.6. The number of fused-ring (bicyclic) bond motifs is 1. The summed E-state index contributed by atoms with van der Waals surface area (Å²) in [4.78, 5) is 29.0. The van der Waals surface area contributed by atoms with E-state index in [1.54, 1.807) is 24.3 Å². The first-order chi connectivity index (χ1) is 15.7. The maximum atomic E-state index is 12.6. The maximum absolute atomic E-state index is 12.6.